The summed E-state index contributed by atoms with van der Waals surface area (Å²) < 4.78 is 14.9. The third-order valence-corrected chi connectivity index (χ3v) is 2.26. The lowest BCUT2D eigenvalue weighted by atomic mass is 10.3. The van der Waals surface area contributed by atoms with Crippen LogP contribution in [0.25, 0.3) is 12.2 Å². The molecular weight excluding hydrogens is 266 g/mol. The van der Waals surface area contributed by atoms with Gasteiger partial charge in [0, 0.05) is 6.08 Å². The topological polar surface area (TPSA) is 103 Å². The van der Waals surface area contributed by atoms with Crippen LogP contribution in [0.3, 0.4) is 0 Å². The number of carboxylic acid groups (broad SMARTS) is 1. The Kier molecular flexibility index (Phi) is 3.99. The molecule has 0 atom stereocenters. The van der Waals surface area contributed by atoms with Gasteiger partial charge in [-0.25, -0.2) is 14.6 Å². The van der Waals surface area contributed by atoms with Crippen molar-refractivity contribution in [2.24, 2.45) is 0 Å². The first-order valence-electron chi connectivity index (χ1n) is 5.72. The van der Waals surface area contributed by atoms with Crippen molar-refractivity contribution in [1.29, 1.82) is 0 Å². The molecule has 2 heterocycles. The van der Waals surface area contributed by atoms with Crippen LogP contribution in [0.1, 0.15) is 39.4 Å². The fourth-order valence-electron chi connectivity index (χ4n) is 1.38. The first-order valence-corrected chi connectivity index (χ1v) is 5.72. The standard InChI is InChI=1S/C13H11NO6/c1-2-18-13(17)8-5-9(19-6-8)3-4-11-14-10(7-20-11)12(15)16/h3-7H,2H2,1H3,(H,15,16)/b4-3+. The van der Waals surface area contributed by atoms with E-state index in [4.69, 9.17) is 18.7 Å². The average molecular weight is 277 g/mol. The van der Waals surface area contributed by atoms with E-state index in [0.29, 0.717) is 11.3 Å². The molecule has 0 bridgehead atoms. The molecule has 0 aliphatic rings. The van der Waals surface area contributed by atoms with E-state index < -0.39 is 11.9 Å². The Labute approximate surface area is 113 Å². The fraction of sp³-hybridized carbons (Fsp3) is 0.154. The number of oxazole rings is 1. The molecule has 0 aromatic carbocycles. The maximum atomic E-state index is 11.4. The summed E-state index contributed by atoms with van der Waals surface area (Å²) in [5.41, 5.74) is 0.112. The summed E-state index contributed by atoms with van der Waals surface area (Å²) in [5, 5.41) is 8.68. The second kappa shape index (κ2) is 5.87. The lowest BCUT2D eigenvalue weighted by molar-refractivity contribution is 0.0525. The Balaban J connectivity index is 2.07. The van der Waals surface area contributed by atoms with E-state index >= 15 is 0 Å². The number of rotatable bonds is 5. The highest BCUT2D eigenvalue weighted by molar-refractivity contribution is 5.89. The lowest BCUT2D eigenvalue weighted by Crippen LogP contribution is -2.02. The van der Waals surface area contributed by atoms with Crippen LogP contribution in [0.2, 0.25) is 0 Å². The average Bonchev–Trinajstić information content (AvgIpc) is 3.06. The Bertz CT molecular complexity index is 651. The minimum absolute atomic E-state index is 0.122. The zero-order valence-corrected chi connectivity index (χ0v) is 10.5. The summed E-state index contributed by atoms with van der Waals surface area (Å²) in [6, 6.07) is 1.50. The zero-order valence-electron chi connectivity index (χ0n) is 10.5. The van der Waals surface area contributed by atoms with Gasteiger partial charge >= 0.3 is 11.9 Å². The number of ether oxygens (including phenoxy) is 1. The number of carbonyl (C=O) groups excluding carboxylic acids is 1. The maximum absolute atomic E-state index is 11.4. The summed E-state index contributed by atoms with van der Waals surface area (Å²) >= 11 is 0. The van der Waals surface area contributed by atoms with E-state index in [1.807, 2.05) is 0 Å². The molecule has 0 radical (unpaired) electrons. The van der Waals surface area contributed by atoms with Crippen LogP contribution in [0, 0.1) is 0 Å². The Morgan fingerprint density at radius 1 is 1.35 bits per heavy atom. The van der Waals surface area contributed by atoms with E-state index in [0.717, 1.165) is 6.26 Å². The molecule has 0 saturated heterocycles. The number of nitrogens with zero attached hydrogens (tertiary/aromatic N) is 1. The Morgan fingerprint density at radius 3 is 2.80 bits per heavy atom. The molecule has 20 heavy (non-hydrogen) atoms. The lowest BCUT2D eigenvalue weighted by Gasteiger charge is -1.95. The molecule has 0 unspecified atom stereocenters. The SMILES string of the molecule is CCOC(=O)c1coc(/C=C/c2nc(C(=O)O)co2)c1. The van der Waals surface area contributed by atoms with E-state index in [-0.39, 0.29) is 18.2 Å². The number of furan rings is 1. The molecule has 0 aliphatic heterocycles. The quantitative estimate of drug-likeness (QED) is 0.836. The number of aromatic nitrogens is 1. The minimum atomic E-state index is -1.17. The smallest absolute Gasteiger partial charge is 0.357 e. The second-order valence-electron chi connectivity index (χ2n) is 3.67. The number of hydrogen-bond donors (Lipinski definition) is 1. The molecule has 0 spiro atoms. The molecular formula is C13H11NO6. The van der Waals surface area contributed by atoms with Gasteiger partial charge in [0.1, 0.15) is 18.3 Å². The van der Waals surface area contributed by atoms with Gasteiger partial charge in [0.2, 0.25) is 5.89 Å². The van der Waals surface area contributed by atoms with E-state index in [1.165, 1.54) is 24.5 Å². The highest BCUT2D eigenvalue weighted by atomic mass is 16.5. The second-order valence-corrected chi connectivity index (χ2v) is 3.67. The van der Waals surface area contributed by atoms with E-state index in [2.05, 4.69) is 4.98 Å². The summed E-state index contributed by atoms with van der Waals surface area (Å²) in [6.45, 7) is 1.99. The molecule has 1 N–H and O–H groups in total. The third-order valence-electron chi connectivity index (χ3n) is 2.26. The van der Waals surface area contributed by atoms with Crippen molar-refractivity contribution in [1.82, 2.24) is 4.98 Å². The van der Waals surface area contributed by atoms with Crippen LogP contribution in [0.15, 0.2) is 27.4 Å². The minimum Gasteiger partial charge on any atom is -0.476 e. The highest BCUT2D eigenvalue weighted by Gasteiger charge is 2.10. The summed E-state index contributed by atoms with van der Waals surface area (Å²) in [4.78, 5) is 25.7. The molecule has 0 amide bonds. The van der Waals surface area contributed by atoms with Gasteiger partial charge in [-0.15, -0.1) is 0 Å². The van der Waals surface area contributed by atoms with E-state index in [1.54, 1.807) is 6.92 Å². The molecule has 2 rings (SSSR count). The van der Waals surface area contributed by atoms with Gasteiger partial charge in [0.25, 0.3) is 0 Å². The first kappa shape index (κ1) is 13.6. The van der Waals surface area contributed by atoms with Crippen LogP contribution in [0.4, 0.5) is 0 Å². The molecule has 2 aromatic heterocycles. The van der Waals surface area contributed by atoms with Gasteiger partial charge in [-0.3, -0.25) is 0 Å². The Hall–Kier alpha value is -2.83. The number of carboxylic acids is 1. The predicted molar refractivity (Wildman–Crippen MR) is 67.1 cm³/mol. The molecule has 2 aromatic rings. The zero-order chi connectivity index (χ0) is 14.5. The molecule has 7 heteroatoms. The van der Waals surface area contributed by atoms with Gasteiger partial charge in [0.15, 0.2) is 5.69 Å². The molecule has 0 fully saturated rings. The highest BCUT2D eigenvalue weighted by Crippen LogP contribution is 2.13. The van der Waals surface area contributed by atoms with Crippen LogP contribution in [0.5, 0.6) is 0 Å². The number of aromatic carboxylic acids is 1. The molecule has 7 nitrogen and oxygen atoms in total. The molecule has 0 aliphatic carbocycles. The molecule has 0 saturated carbocycles. The fourth-order valence-corrected chi connectivity index (χ4v) is 1.38. The van der Waals surface area contributed by atoms with Crippen LogP contribution < -0.4 is 0 Å². The van der Waals surface area contributed by atoms with Gasteiger partial charge in [0.05, 0.1) is 12.2 Å². The van der Waals surface area contributed by atoms with Gasteiger partial charge in [-0.2, -0.15) is 0 Å². The van der Waals surface area contributed by atoms with E-state index in [9.17, 15) is 9.59 Å². The van der Waals surface area contributed by atoms with Gasteiger partial charge in [-0.1, -0.05) is 0 Å². The van der Waals surface area contributed by atoms with Crippen molar-refractivity contribution in [2.45, 2.75) is 6.92 Å². The maximum Gasteiger partial charge on any atom is 0.357 e. The normalized spacial score (nSPS) is 10.8. The first-order chi connectivity index (χ1) is 9.60. The summed E-state index contributed by atoms with van der Waals surface area (Å²) in [5.74, 6) is -1.13. The summed E-state index contributed by atoms with van der Waals surface area (Å²) in [6.07, 6.45) is 5.24. The van der Waals surface area contributed by atoms with Crippen molar-refractivity contribution in [3.05, 3.63) is 41.5 Å². The van der Waals surface area contributed by atoms with Crippen LogP contribution in [-0.2, 0) is 4.74 Å². The van der Waals surface area contributed by atoms with Crippen LogP contribution in [-0.4, -0.2) is 28.6 Å². The molecule has 104 valence electrons. The third kappa shape index (κ3) is 3.14. The summed E-state index contributed by atoms with van der Waals surface area (Å²) in [7, 11) is 0. The van der Waals surface area contributed by atoms with Gasteiger partial charge < -0.3 is 18.7 Å². The van der Waals surface area contributed by atoms with Crippen molar-refractivity contribution < 1.29 is 28.3 Å². The van der Waals surface area contributed by atoms with Crippen LogP contribution >= 0.6 is 0 Å². The number of esters is 1. The van der Waals surface area contributed by atoms with Crippen molar-refractivity contribution in [3.63, 3.8) is 0 Å². The largest absolute Gasteiger partial charge is 0.476 e. The van der Waals surface area contributed by atoms with Crippen molar-refractivity contribution >= 4 is 24.1 Å². The number of hydrogen-bond acceptors (Lipinski definition) is 6. The monoisotopic (exact) mass is 277 g/mol. The predicted octanol–water partition coefficient (Wildman–Crippen LogP) is 2.31. The van der Waals surface area contributed by atoms with Crippen molar-refractivity contribution in [3.8, 4) is 0 Å². The Morgan fingerprint density at radius 2 is 2.15 bits per heavy atom. The number of carbonyl (C=O) groups is 2. The van der Waals surface area contributed by atoms with Crippen molar-refractivity contribution in [2.75, 3.05) is 6.61 Å². The van der Waals surface area contributed by atoms with Gasteiger partial charge in [-0.05, 0) is 19.1 Å².